The van der Waals surface area contributed by atoms with Gasteiger partial charge in [0, 0.05) is 26.2 Å². The van der Waals surface area contributed by atoms with Gasteiger partial charge >= 0.3 is 0 Å². The summed E-state index contributed by atoms with van der Waals surface area (Å²) in [5.74, 6) is 0. The molecule has 1 heterocycles. The summed E-state index contributed by atoms with van der Waals surface area (Å²) in [5.41, 5.74) is 1.09. The van der Waals surface area contributed by atoms with Crippen molar-refractivity contribution < 1.29 is 5.11 Å². The van der Waals surface area contributed by atoms with Crippen LogP contribution in [0.5, 0.6) is 0 Å². The fourth-order valence-corrected chi connectivity index (χ4v) is 3.46. The number of hydrogen-bond donors (Lipinski definition) is 1. The van der Waals surface area contributed by atoms with Crippen LogP contribution in [0.25, 0.3) is 11.1 Å². The highest BCUT2D eigenvalue weighted by molar-refractivity contribution is 6.36. The standard InChI is InChI=1S/C17H14Cl3N3O/c1-17(24,8-23-10-21-9-22-23)14-5-2-11(6-16(14)20)13-4-3-12(18)7-15(13)19/h2-7,9-10,24H,8H2,1H3. The Labute approximate surface area is 154 Å². The predicted molar refractivity (Wildman–Crippen MR) is 96.5 cm³/mol. The van der Waals surface area contributed by atoms with E-state index < -0.39 is 5.60 Å². The minimum absolute atomic E-state index is 0.244. The fraction of sp³-hybridized carbons (Fsp3) is 0.176. The van der Waals surface area contributed by atoms with Crippen LogP contribution in [0.3, 0.4) is 0 Å². The Morgan fingerprint density at radius 3 is 2.50 bits per heavy atom. The largest absolute Gasteiger partial charge is 0.383 e. The van der Waals surface area contributed by atoms with Crippen LogP contribution in [-0.4, -0.2) is 19.9 Å². The maximum atomic E-state index is 10.8. The van der Waals surface area contributed by atoms with Crippen LogP contribution in [0.4, 0.5) is 0 Å². The molecule has 3 aromatic rings. The van der Waals surface area contributed by atoms with E-state index in [1.807, 2.05) is 12.1 Å². The fourth-order valence-electron chi connectivity index (χ4n) is 2.56. The van der Waals surface area contributed by atoms with E-state index in [9.17, 15) is 5.11 Å². The second-order valence-corrected chi connectivity index (χ2v) is 6.94. The van der Waals surface area contributed by atoms with Gasteiger partial charge < -0.3 is 5.11 Å². The Morgan fingerprint density at radius 2 is 1.88 bits per heavy atom. The quantitative estimate of drug-likeness (QED) is 0.704. The van der Waals surface area contributed by atoms with E-state index in [4.69, 9.17) is 34.8 Å². The molecule has 0 saturated carbocycles. The van der Waals surface area contributed by atoms with Gasteiger partial charge in [0.25, 0.3) is 0 Å². The number of rotatable bonds is 4. The highest BCUT2D eigenvalue weighted by Gasteiger charge is 2.27. The lowest BCUT2D eigenvalue weighted by Crippen LogP contribution is -2.28. The lowest BCUT2D eigenvalue weighted by molar-refractivity contribution is 0.0346. The molecule has 0 aliphatic carbocycles. The SMILES string of the molecule is CC(O)(Cn1cncn1)c1ccc(-c2ccc(Cl)cc2Cl)cc1Cl. The Kier molecular flexibility index (Phi) is 4.83. The minimum Gasteiger partial charge on any atom is -0.383 e. The molecule has 0 saturated heterocycles. The van der Waals surface area contributed by atoms with Gasteiger partial charge in [0.1, 0.15) is 18.3 Å². The summed E-state index contributed by atoms with van der Waals surface area (Å²) in [6, 6.07) is 10.7. The zero-order valence-corrected chi connectivity index (χ0v) is 15.0. The van der Waals surface area contributed by atoms with Gasteiger partial charge in [0.15, 0.2) is 0 Å². The summed E-state index contributed by atoms with van der Waals surface area (Å²) in [6.07, 6.45) is 2.97. The molecule has 1 N–H and O–H groups in total. The molecule has 7 heteroatoms. The lowest BCUT2D eigenvalue weighted by atomic mass is 9.93. The monoisotopic (exact) mass is 381 g/mol. The first-order valence-electron chi connectivity index (χ1n) is 7.17. The van der Waals surface area contributed by atoms with Crippen molar-refractivity contribution in [1.82, 2.24) is 14.8 Å². The molecule has 0 aliphatic rings. The van der Waals surface area contributed by atoms with E-state index in [1.165, 1.54) is 6.33 Å². The van der Waals surface area contributed by atoms with Gasteiger partial charge in [0.2, 0.25) is 0 Å². The zero-order valence-electron chi connectivity index (χ0n) is 12.7. The highest BCUT2D eigenvalue weighted by Crippen LogP contribution is 2.36. The number of nitrogens with zero attached hydrogens (tertiary/aromatic N) is 3. The number of hydrogen-bond acceptors (Lipinski definition) is 3. The van der Waals surface area contributed by atoms with E-state index in [1.54, 1.807) is 42.2 Å². The van der Waals surface area contributed by atoms with Crippen LogP contribution in [-0.2, 0) is 12.1 Å². The molecule has 0 fully saturated rings. The van der Waals surface area contributed by atoms with E-state index >= 15 is 0 Å². The second-order valence-electron chi connectivity index (χ2n) is 5.69. The topological polar surface area (TPSA) is 50.9 Å². The van der Waals surface area contributed by atoms with Crippen molar-refractivity contribution in [3.8, 4) is 11.1 Å². The van der Waals surface area contributed by atoms with Crippen molar-refractivity contribution in [3.63, 3.8) is 0 Å². The first kappa shape index (κ1) is 17.2. The molecule has 124 valence electrons. The summed E-state index contributed by atoms with van der Waals surface area (Å²) in [5, 5.41) is 16.4. The van der Waals surface area contributed by atoms with Gasteiger partial charge in [-0.2, -0.15) is 5.10 Å². The van der Waals surface area contributed by atoms with Crippen LogP contribution in [0.15, 0.2) is 49.1 Å². The summed E-state index contributed by atoms with van der Waals surface area (Å²) < 4.78 is 1.56. The van der Waals surface area contributed by atoms with Crippen molar-refractivity contribution in [3.05, 3.63) is 69.7 Å². The van der Waals surface area contributed by atoms with Crippen molar-refractivity contribution >= 4 is 34.8 Å². The first-order chi connectivity index (χ1) is 11.4. The Bertz CT molecular complexity index is 864. The van der Waals surface area contributed by atoms with Gasteiger partial charge in [-0.3, -0.25) is 0 Å². The Hall–Kier alpha value is -1.59. The van der Waals surface area contributed by atoms with Gasteiger partial charge in [0.05, 0.1) is 6.54 Å². The molecule has 0 spiro atoms. The third kappa shape index (κ3) is 3.57. The molecule has 3 rings (SSSR count). The molecule has 2 aromatic carbocycles. The highest BCUT2D eigenvalue weighted by atomic mass is 35.5. The Morgan fingerprint density at radius 1 is 1.08 bits per heavy atom. The minimum atomic E-state index is -1.19. The third-order valence-electron chi connectivity index (χ3n) is 3.73. The normalized spacial score (nSPS) is 13.7. The molecular formula is C17H14Cl3N3O. The average Bonchev–Trinajstić information content (AvgIpc) is 2.99. The molecule has 1 atom stereocenters. The van der Waals surface area contributed by atoms with E-state index in [2.05, 4.69) is 10.1 Å². The van der Waals surface area contributed by atoms with E-state index in [-0.39, 0.29) is 6.54 Å². The number of halogens is 3. The van der Waals surface area contributed by atoms with Crippen LogP contribution in [0.2, 0.25) is 15.1 Å². The van der Waals surface area contributed by atoms with Crippen molar-refractivity contribution in [2.24, 2.45) is 0 Å². The zero-order chi connectivity index (χ0) is 17.3. The van der Waals surface area contributed by atoms with E-state index in [0.29, 0.717) is 20.6 Å². The van der Waals surface area contributed by atoms with Crippen molar-refractivity contribution in [2.75, 3.05) is 0 Å². The van der Waals surface area contributed by atoms with E-state index in [0.717, 1.165) is 11.1 Å². The number of benzene rings is 2. The molecule has 0 amide bonds. The molecule has 0 radical (unpaired) electrons. The van der Waals surface area contributed by atoms with Crippen LogP contribution in [0, 0.1) is 0 Å². The molecule has 4 nitrogen and oxygen atoms in total. The summed E-state index contributed by atoms with van der Waals surface area (Å²) in [6.45, 7) is 1.93. The number of aromatic nitrogens is 3. The Balaban J connectivity index is 1.95. The van der Waals surface area contributed by atoms with Gasteiger partial charge in [-0.15, -0.1) is 0 Å². The average molecular weight is 383 g/mol. The molecule has 24 heavy (non-hydrogen) atoms. The molecule has 0 bridgehead atoms. The molecule has 0 aliphatic heterocycles. The van der Waals surface area contributed by atoms with Gasteiger partial charge in [-0.1, -0.05) is 53.0 Å². The smallest absolute Gasteiger partial charge is 0.137 e. The molecule has 1 aromatic heterocycles. The third-order valence-corrected chi connectivity index (χ3v) is 4.59. The first-order valence-corrected chi connectivity index (χ1v) is 8.30. The molecule has 1 unspecified atom stereocenters. The second kappa shape index (κ2) is 6.73. The lowest BCUT2D eigenvalue weighted by Gasteiger charge is -2.25. The van der Waals surface area contributed by atoms with Crippen molar-refractivity contribution in [1.29, 1.82) is 0 Å². The van der Waals surface area contributed by atoms with Crippen LogP contribution in [0.1, 0.15) is 12.5 Å². The summed E-state index contributed by atoms with van der Waals surface area (Å²) >= 11 is 18.6. The van der Waals surface area contributed by atoms with Gasteiger partial charge in [-0.25, -0.2) is 9.67 Å². The number of aliphatic hydroxyl groups is 1. The summed E-state index contributed by atoms with van der Waals surface area (Å²) in [7, 11) is 0. The summed E-state index contributed by atoms with van der Waals surface area (Å²) in [4.78, 5) is 3.88. The maximum absolute atomic E-state index is 10.8. The van der Waals surface area contributed by atoms with Crippen LogP contribution < -0.4 is 0 Å². The van der Waals surface area contributed by atoms with Crippen LogP contribution >= 0.6 is 34.8 Å². The molecular weight excluding hydrogens is 369 g/mol. The predicted octanol–water partition coefficient (Wildman–Crippen LogP) is 4.81. The maximum Gasteiger partial charge on any atom is 0.137 e. The van der Waals surface area contributed by atoms with Crippen molar-refractivity contribution in [2.45, 2.75) is 19.1 Å². The van der Waals surface area contributed by atoms with Gasteiger partial charge in [-0.05, 0) is 30.7 Å².